The van der Waals surface area contributed by atoms with E-state index in [1.54, 1.807) is 0 Å². The molecular formula is C4H2F4S. The normalized spacial score (nSPS) is 28.9. The fourth-order valence-corrected chi connectivity index (χ4v) is 1.08. The summed E-state index contributed by atoms with van der Waals surface area (Å²) in [5, 5.41) is -6.77. The fourth-order valence-electron chi connectivity index (χ4n) is 0.443. The van der Waals surface area contributed by atoms with Crippen LogP contribution in [0.3, 0.4) is 0 Å². The van der Waals surface area contributed by atoms with Gasteiger partial charge in [0.2, 0.25) is 0 Å². The van der Waals surface area contributed by atoms with Gasteiger partial charge in [0.1, 0.15) is 0 Å². The molecule has 1 heterocycles. The van der Waals surface area contributed by atoms with Gasteiger partial charge in [-0.2, -0.15) is 17.6 Å². The van der Waals surface area contributed by atoms with Crippen LogP contribution in [-0.4, -0.2) is 10.5 Å². The molecule has 0 aromatic carbocycles. The Kier molecular flexibility index (Phi) is 1.27. The molecule has 52 valence electrons. The van der Waals surface area contributed by atoms with Gasteiger partial charge < -0.3 is 0 Å². The summed E-state index contributed by atoms with van der Waals surface area (Å²) in [6, 6.07) is 0. The molecule has 0 radical (unpaired) electrons. The Morgan fingerprint density at radius 3 is 1.33 bits per heavy atom. The van der Waals surface area contributed by atoms with E-state index in [2.05, 4.69) is 0 Å². The SMILES string of the molecule is FC1(F)C=CC(F)(F)S1. The molecule has 0 amide bonds. The molecule has 0 saturated heterocycles. The van der Waals surface area contributed by atoms with Crippen molar-refractivity contribution < 1.29 is 17.6 Å². The zero-order chi connectivity index (χ0) is 7.12. The van der Waals surface area contributed by atoms with Crippen molar-refractivity contribution in [1.82, 2.24) is 0 Å². The number of halogens is 4. The van der Waals surface area contributed by atoms with E-state index in [1.807, 2.05) is 0 Å². The van der Waals surface area contributed by atoms with Crippen molar-refractivity contribution >= 4 is 11.8 Å². The smallest absolute Gasteiger partial charge is 0.189 e. The molecule has 1 aliphatic heterocycles. The Hall–Kier alpha value is -0.190. The molecule has 0 nitrogen and oxygen atoms in total. The molecule has 1 rings (SSSR count). The average molecular weight is 158 g/mol. The van der Waals surface area contributed by atoms with Gasteiger partial charge in [-0.15, -0.1) is 0 Å². The zero-order valence-corrected chi connectivity index (χ0v) is 4.89. The largest absolute Gasteiger partial charge is 0.318 e. The summed E-state index contributed by atoms with van der Waals surface area (Å²) in [5.41, 5.74) is 0. The van der Waals surface area contributed by atoms with Crippen LogP contribution in [0, 0.1) is 0 Å². The molecular weight excluding hydrogens is 156 g/mol. The zero-order valence-electron chi connectivity index (χ0n) is 4.07. The van der Waals surface area contributed by atoms with Gasteiger partial charge in [0.15, 0.2) is 0 Å². The van der Waals surface area contributed by atoms with Crippen molar-refractivity contribution in [2.24, 2.45) is 0 Å². The van der Waals surface area contributed by atoms with Crippen LogP contribution in [0.25, 0.3) is 0 Å². The molecule has 0 aromatic heterocycles. The van der Waals surface area contributed by atoms with Crippen molar-refractivity contribution in [1.29, 1.82) is 0 Å². The Balaban J connectivity index is 2.71. The van der Waals surface area contributed by atoms with Gasteiger partial charge >= 0.3 is 10.5 Å². The van der Waals surface area contributed by atoms with Gasteiger partial charge in [-0.3, -0.25) is 0 Å². The number of rotatable bonds is 0. The summed E-state index contributed by atoms with van der Waals surface area (Å²) in [4.78, 5) is 0. The summed E-state index contributed by atoms with van der Waals surface area (Å²) in [6.07, 6.45) is 0.412. The molecule has 5 heteroatoms. The summed E-state index contributed by atoms with van der Waals surface area (Å²) in [7, 11) is 0. The maximum Gasteiger partial charge on any atom is 0.318 e. The average Bonchev–Trinajstić information content (AvgIpc) is 1.78. The Morgan fingerprint density at radius 2 is 1.22 bits per heavy atom. The second-order valence-corrected chi connectivity index (χ2v) is 2.85. The highest BCUT2D eigenvalue weighted by Gasteiger charge is 2.46. The highest BCUT2D eigenvalue weighted by Crippen LogP contribution is 2.48. The first kappa shape index (κ1) is 6.92. The molecule has 9 heavy (non-hydrogen) atoms. The predicted octanol–water partition coefficient (Wildman–Crippen LogP) is 2.48. The Labute approximate surface area is 52.9 Å². The van der Waals surface area contributed by atoms with E-state index in [-0.39, 0.29) is 12.2 Å². The van der Waals surface area contributed by atoms with Crippen molar-refractivity contribution in [3.05, 3.63) is 12.2 Å². The van der Waals surface area contributed by atoms with E-state index in [1.165, 1.54) is 0 Å². The molecule has 0 aromatic rings. The van der Waals surface area contributed by atoms with Gasteiger partial charge in [0.05, 0.1) is 0 Å². The third-order valence-corrected chi connectivity index (χ3v) is 1.56. The maximum atomic E-state index is 11.8. The van der Waals surface area contributed by atoms with Crippen LogP contribution in [0.5, 0.6) is 0 Å². The lowest BCUT2D eigenvalue weighted by Crippen LogP contribution is -2.08. The van der Waals surface area contributed by atoms with Crippen LogP contribution in [0.1, 0.15) is 0 Å². The summed E-state index contributed by atoms with van der Waals surface area (Å²) in [5.74, 6) is 0. The van der Waals surface area contributed by atoms with Crippen LogP contribution in [-0.2, 0) is 0 Å². The molecule has 0 N–H and O–H groups in total. The van der Waals surface area contributed by atoms with Gasteiger partial charge in [0, 0.05) is 0 Å². The standard InChI is InChI=1S/C4H2F4S/c5-3(6)1-2-4(7,8)9-3/h1-2H. The van der Waals surface area contributed by atoms with Crippen LogP contribution >= 0.6 is 11.8 Å². The number of thioether (sulfide) groups is 1. The van der Waals surface area contributed by atoms with Crippen LogP contribution in [0.4, 0.5) is 17.6 Å². The third kappa shape index (κ3) is 1.61. The molecule has 0 atom stereocenters. The minimum Gasteiger partial charge on any atom is -0.189 e. The van der Waals surface area contributed by atoms with Crippen LogP contribution in [0.15, 0.2) is 12.2 Å². The lowest BCUT2D eigenvalue weighted by Gasteiger charge is -2.07. The predicted molar refractivity (Wildman–Crippen MR) is 26.6 cm³/mol. The van der Waals surface area contributed by atoms with E-state index in [9.17, 15) is 17.6 Å². The fraction of sp³-hybridized carbons (Fsp3) is 0.500. The van der Waals surface area contributed by atoms with Gasteiger partial charge in [-0.05, 0) is 23.9 Å². The number of alkyl halides is 4. The molecule has 0 unspecified atom stereocenters. The number of hydrogen-bond acceptors (Lipinski definition) is 1. The topological polar surface area (TPSA) is 0 Å². The monoisotopic (exact) mass is 158 g/mol. The van der Waals surface area contributed by atoms with Crippen molar-refractivity contribution in [3.63, 3.8) is 0 Å². The Bertz CT molecular complexity index is 135. The lowest BCUT2D eigenvalue weighted by atomic mass is 10.5. The van der Waals surface area contributed by atoms with E-state index in [0.717, 1.165) is 0 Å². The molecule has 0 bridgehead atoms. The van der Waals surface area contributed by atoms with Gasteiger partial charge in [-0.1, -0.05) is 0 Å². The second kappa shape index (κ2) is 1.65. The molecule has 0 aliphatic carbocycles. The molecule has 0 saturated carbocycles. The minimum atomic E-state index is -3.39. The van der Waals surface area contributed by atoms with Crippen molar-refractivity contribution in [2.75, 3.05) is 0 Å². The van der Waals surface area contributed by atoms with E-state index in [4.69, 9.17) is 0 Å². The van der Waals surface area contributed by atoms with Crippen molar-refractivity contribution in [3.8, 4) is 0 Å². The van der Waals surface area contributed by atoms with Gasteiger partial charge in [-0.25, -0.2) is 0 Å². The molecule has 0 fully saturated rings. The van der Waals surface area contributed by atoms with Gasteiger partial charge in [0.25, 0.3) is 0 Å². The van der Waals surface area contributed by atoms with Crippen LogP contribution < -0.4 is 0 Å². The summed E-state index contributed by atoms with van der Waals surface area (Å²) in [6.45, 7) is 0. The third-order valence-electron chi connectivity index (χ3n) is 0.744. The summed E-state index contributed by atoms with van der Waals surface area (Å²) < 4.78 is 47.3. The summed E-state index contributed by atoms with van der Waals surface area (Å²) >= 11 is -0.653. The van der Waals surface area contributed by atoms with E-state index >= 15 is 0 Å². The van der Waals surface area contributed by atoms with Crippen molar-refractivity contribution in [2.45, 2.75) is 10.5 Å². The number of hydrogen-bond donors (Lipinski definition) is 0. The highest BCUT2D eigenvalue weighted by atomic mass is 32.2. The first-order valence-electron chi connectivity index (χ1n) is 2.07. The first-order chi connectivity index (χ1) is 3.91. The quantitative estimate of drug-likeness (QED) is 0.385. The van der Waals surface area contributed by atoms with E-state index < -0.39 is 22.3 Å². The lowest BCUT2D eigenvalue weighted by molar-refractivity contribution is 0.145. The Morgan fingerprint density at radius 1 is 0.889 bits per heavy atom. The highest BCUT2D eigenvalue weighted by molar-refractivity contribution is 8.01. The first-order valence-corrected chi connectivity index (χ1v) is 2.89. The van der Waals surface area contributed by atoms with E-state index in [0.29, 0.717) is 0 Å². The second-order valence-electron chi connectivity index (χ2n) is 1.56. The molecule has 0 spiro atoms. The maximum absolute atomic E-state index is 11.8. The van der Waals surface area contributed by atoms with Crippen LogP contribution in [0.2, 0.25) is 0 Å². The molecule has 1 aliphatic rings. The minimum absolute atomic E-state index is 0.206.